The summed E-state index contributed by atoms with van der Waals surface area (Å²) in [6.45, 7) is 1.56. The summed E-state index contributed by atoms with van der Waals surface area (Å²) in [5.41, 5.74) is 4.79. The van der Waals surface area contributed by atoms with Crippen LogP contribution in [0, 0.1) is 18.3 Å². The number of nitrogens with zero attached hydrogens (tertiary/aromatic N) is 3. The third-order valence-electron chi connectivity index (χ3n) is 3.14. The minimum absolute atomic E-state index is 0.0466. The van der Waals surface area contributed by atoms with Gasteiger partial charge in [0.1, 0.15) is 0 Å². The van der Waals surface area contributed by atoms with Crippen LogP contribution < -0.4 is 5.73 Å². The maximum atomic E-state index is 13.2. The van der Waals surface area contributed by atoms with Gasteiger partial charge in [-0.05, 0) is 25.1 Å². The molecule has 21 heavy (non-hydrogen) atoms. The van der Waals surface area contributed by atoms with Crippen LogP contribution in [0.15, 0.2) is 23.4 Å². The fourth-order valence-corrected chi connectivity index (χ4v) is 2.27. The average Bonchev–Trinajstić information content (AvgIpc) is 2.72. The summed E-state index contributed by atoms with van der Waals surface area (Å²) in [6, 6.07) is 5.43. The van der Waals surface area contributed by atoms with Crippen molar-refractivity contribution >= 4 is 16.7 Å². The molecule has 5 nitrogen and oxygen atoms in total. The minimum Gasteiger partial charge on any atom is -0.409 e. The fraction of sp³-hybridized carbons (Fsp3) is 0.231. The highest BCUT2D eigenvalue weighted by molar-refractivity contribution is 5.89. The Morgan fingerprint density at radius 2 is 2.14 bits per heavy atom. The standard InChI is InChI=1S/C13H11F3N4O/c1-7-4-9-10(20(7)6-11(18)19-21)3-2-8(5-17)12(9)13(14,15)16/h2-4,21H,6H2,1H3,(H2,18,19). The van der Waals surface area contributed by atoms with Crippen molar-refractivity contribution in [2.45, 2.75) is 19.6 Å². The predicted molar refractivity (Wildman–Crippen MR) is 69.8 cm³/mol. The van der Waals surface area contributed by atoms with Crippen LogP contribution in [-0.2, 0) is 12.7 Å². The Bertz CT molecular complexity index is 768. The third kappa shape index (κ3) is 2.50. The Morgan fingerprint density at radius 3 is 2.67 bits per heavy atom. The Labute approximate surface area is 117 Å². The molecule has 2 aromatic rings. The summed E-state index contributed by atoms with van der Waals surface area (Å²) in [4.78, 5) is 0. The molecular weight excluding hydrogens is 285 g/mol. The van der Waals surface area contributed by atoms with Crippen LogP contribution in [0.3, 0.4) is 0 Å². The van der Waals surface area contributed by atoms with Gasteiger partial charge in [0.05, 0.1) is 23.7 Å². The molecule has 0 saturated carbocycles. The van der Waals surface area contributed by atoms with Gasteiger partial charge in [0.15, 0.2) is 5.84 Å². The molecule has 2 rings (SSSR count). The lowest BCUT2D eigenvalue weighted by molar-refractivity contribution is -0.136. The second-order valence-electron chi connectivity index (χ2n) is 4.49. The average molecular weight is 296 g/mol. The summed E-state index contributed by atoms with van der Waals surface area (Å²) < 4.78 is 41.0. The SMILES string of the molecule is Cc1cc2c(C(F)(F)F)c(C#N)ccc2n1C/C(N)=N/O. The first-order valence-corrected chi connectivity index (χ1v) is 5.86. The van der Waals surface area contributed by atoms with Gasteiger partial charge >= 0.3 is 6.18 Å². The first kappa shape index (κ1) is 14.7. The number of oxime groups is 1. The van der Waals surface area contributed by atoms with Crippen LogP contribution in [0.1, 0.15) is 16.8 Å². The number of hydrogen-bond acceptors (Lipinski definition) is 3. The van der Waals surface area contributed by atoms with Gasteiger partial charge in [-0.3, -0.25) is 0 Å². The minimum atomic E-state index is -4.64. The van der Waals surface area contributed by atoms with Gasteiger partial charge in [0.2, 0.25) is 0 Å². The number of halogens is 3. The van der Waals surface area contributed by atoms with Crippen LogP contribution in [0.4, 0.5) is 13.2 Å². The maximum Gasteiger partial charge on any atom is 0.418 e. The van der Waals surface area contributed by atoms with Gasteiger partial charge in [-0.25, -0.2) is 0 Å². The fourth-order valence-electron chi connectivity index (χ4n) is 2.27. The number of benzene rings is 1. The second kappa shape index (κ2) is 5.01. The topological polar surface area (TPSA) is 87.3 Å². The monoisotopic (exact) mass is 296 g/mol. The number of amidine groups is 1. The molecule has 3 N–H and O–H groups in total. The number of rotatable bonds is 2. The third-order valence-corrected chi connectivity index (χ3v) is 3.14. The molecule has 1 aromatic heterocycles. The Hall–Kier alpha value is -2.69. The van der Waals surface area contributed by atoms with Crippen molar-refractivity contribution in [3.05, 3.63) is 35.0 Å². The van der Waals surface area contributed by atoms with Crippen LogP contribution in [-0.4, -0.2) is 15.6 Å². The van der Waals surface area contributed by atoms with Crippen molar-refractivity contribution in [2.75, 3.05) is 0 Å². The molecule has 1 aromatic carbocycles. The molecule has 0 aliphatic rings. The predicted octanol–water partition coefficient (Wildman–Crippen LogP) is 2.59. The van der Waals surface area contributed by atoms with Crippen molar-refractivity contribution < 1.29 is 18.4 Å². The molecule has 0 aliphatic heterocycles. The summed E-state index contributed by atoms with van der Waals surface area (Å²) in [7, 11) is 0. The number of nitriles is 1. The van der Waals surface area contributed by atoms with Crippen molar-refractivity contribution in [3.63, 3.8) is 0 Å². The molecule has 0 aliphatic carbocycles. The smallest absolute Gasteiger partial charge is 0.409 e. The zero-order valence-electron chi connectivity index (χ0n) is 10.9. The maximum absolute atomic E-state index is 13.2. The Balaban J connectivity index is 2.79. The van der Waals surface area contributed by atoms with Gasteiger partial charge in [-0.15, -0.1) is 0 Å². The highest BCUT2D eigenvalue weighted by Gasteiger charge is 2.36. The zero-order chi connectivity index (χ0) is 15.8. The first-order chi connectivity index (χ1) is 9.79. The van der Waals surface area contributed by atoms with Crippen molar-refractivity contribution in [1.29, 1.82) is 5.26 Å². The van der Waals surface area contributed by atoms with E-state index in [0.29, 0.717) is 5.69 Å². The van der Waals surface area contributed by atoms with E-state index < -0.39 is 17.3 Å². The number of alkyl halides is 3. The Kier molecular flexibility index (Phi) is 3.51. The number of fused-ring (bicyclic) bond motifs is 1. The highest BCUT2D eigenvalue weighted by Crippen LogP contribution is 2.38. The molecule has 0 spiro atoms. The van der Waals surface area contributed by atoms with E-state index in [1.54, 1.807) is 13.0 Å². The molecule has 0 radical (unpaired) electrons. The normalized spacial score (nSPS) is 12.6. The largest absolute Gasteiger partial charge is 0.418 e. The van der Waals surface area contributed by atoms with Crippen molar-refractivity contribution in [1.82, 2.24) is 4.57 Å². The van der Waals surface area contributed by atoms with E-state index in [1.165, 1.54) is 16.7 Å². The summed E-state index contributed by atoms with van der Waals surface area (Å²) in [6.07, 6.45) is -4.64. The first-order valence-electron chi connectivity index (χ1n) is 5.86. The molecule has 0 bridgehead atoms. The lowest BCUT2D eigenvalue weighted by atomic mass is 10.0. The number of aromatic nitrogens is 1. The van der Waals surface area contributed by atoms with Gasteiger partial charge < -0.3 is 15.5 Å². The van der Waals surface area contributed by atoms with E-state index in [2.05, 4.69) is 5.16 Å². The molecule has 0 fully saturated rings. The summed E-state index contributed by atoms with van der Waals surface area (Å²) in [5, 5.41) is 20.2. The van der Waals surface area contributed by atoms with Crippen LogP contribution in [0.2, 0.25) is 0 Å². The van der Waals surface area contributed by atoms with E-state index in [4.69, 9.17) is 16.2 Å². The molecule has 110 valence electrons. The Morgan fingerprint density at radius 1 is 1.48 bits per heavy atom. The van der Waals surface area contributed by atoms with E-state index in [0.717, 1.165) is 6.07 Å². The number of nitrogens with two attached hydrogens (primary N) is 1. The second-order valence-corrected chi connectivity index (χ2v) is 4.49. The van der Waals surface area contributed by atoms with E-state index in [-0.39, 0.29) is 23.3 Å². The quantitative estimate of drug-likeness (QED) is 0.386. The van der Waals surface area contributed by atoms with Gasteiger partial charge in [-0.2, -0.15) is 18.4 Å². The zero-order valence-corrected chi connectivity index (χ0v) is 10.9. The molecule has 0 unspecified atom stereocenters. The van der Waals surface area contributed by atoms with Gasteiger partial charge in [-0.1, -0.05) is 5.16 Å². The van der Waals surface area contributed by atoms with Crippen LogP contribution in [0.5, 0.6) is 0 Å². The molecule has 8 heteroatoms. The van der Waals surface area contributed by atoms with Crippen LogP contribution >= 0.6 is 0 Å². The number of hydrogen-bond donors (Lipinski definition) is 2. The molecule has 0 saturated heterocycles. The molecule has 1 heterocycles. The van der Waals surface area contributed by atoms with Crippen molar-refractivity contribution in [3.8, 4) is 6.07 Å². The lowest BCUT2D eigenvalue weighted by Crippen LogP contribution is -2.20. The molecule has 0 amide bonds. The summed E-state index contributed by atoms with van der Waals surface area (Å²) in [5.74, 6) is -0.131. The van der Waals surface area contributed by atoms with Gasteiger partial charge in [0, 0.05) is 16.6 Å². The van der Waals surface area contributed by atoms with Crippen molar-refractivity contribution in [2.24, 2.45) is 10.9 Å². The van der Waals surface area contributed by atoms with Gasteiger partial charge in [0.25, 0.3) is 0 Å². The summed E-state index contributed by atoms with van der Waals surface area (Å²) >= 11 is 0. The molecular formula is C13H11F3N4O. The van der Waals surface area contributed by atoms with E-state index in [9.17, 15) is 13.2 Å². The van der Waals surface area contributed by atoms with E-state index >= 15 is 0 Å². The number of aryl methyl sites for hydroxylation is 1. The highest BCUT2D eigenvalue weighted by atomic mass is 19.4. The lowest BCUT2D eigenvalue weighted by Gasteiger charge is -2.11. The van der Waals surface area contributed by atoms with E-state index in [1.807, 2.05) is 0 Å². The van der Waals surface area contributed by atoms with Crippen LogP contribution in [0.25, 0.3) is 10.9 Å². The molecule has 0 atom stereocenters.